The van der Waals surface area contributed by atoms with Gasteiger partial charge in [-0.25, -0.2) is 18.0 Å². The Balaban J connectivity index is 4.47. The maximum Gasteiger partial charge on any atom is 0.451 e. The molecule has 0 fully saturated rings. The van der Waals surface area contributed by atoms with Crippen molar-refractivity contribution < 1.29 is 43.2 Å². The van der Waals surface area contributed by atoms with E-state index in [4.69, 9.17) is 11.5 Å². The molecule has 0 radical (unpaired) electrons. The number of hydrogen-bond acceptors (Lipinski definition) is 12. The van der Waals surface area contributed by atoms with Gasteiger partial charge in [0.2, 0.25) is 0 Å². The Morgan fingerprint density at radius 2 is 1.09 bits per heavy atom. The largest absolute Gasteiger partial charge is 0.451 e. The van der Waals surface area contributed by atoms with Crippen molar-refractivity contribution in [1.82, 2.24) is 0 Å². The van der Waals surface area contributed by atoms with Crippen LogP contribution in [0, 0.1) is 0 Å². The summed E-state index contributed by atoms with van der Waals surface area (Å²) in [6.07, 6.45) is 0.619. The molecule has 14 heteroatoms. The van der Waals surface area contributed by atoms with E-state index in [-0.39, 0.29) is 13.1 Å². The van der Waals surface area contributed by atoms with Gasteiger partial charge in [0.15, 0.2) is 0 Å². The molecule has 4 N–H and O–H groups in total. The Bertz CT molecular complexity index is 555. The monoisotopic (exact) mass is 362 g/mol. The fourth-order valence-electron chi connectivity index (χ4n) is 0.741. The van der Waals surface area contributed by atoms with Crippen LogP contribution in [0.1, 0.15) is 0 Å². The van der Waals surface area contributed by atoms with E-state index in [9.17, 15) is 26.4 Å². The first-order chi connectivity index (χ1) is 10.1. The molecule has 0 saturated heterocycles. The minimum absolute atomic E-state index is 0.139. The molecule has 0 aliphatic rings. The summed E-state index contributed by atoms with van der Waals surface area (Å²) >= 11 is 0. The van der Waals surface area contributed by atoms with Gasteiger partial charge in [-0.15, -0.1) is 0 Å². The predicted octanol–water partition coefficient (Wildman–Crippen LogP) is -2.93. The van der Waals surface area contributed by atoms with E-state index in [1.807, 2.05) is 0 Å². The fraction of sp³-hybridized carbons (Fsp3) is 0.500. The zero-order valence-corrected chi connectivity index (χ0v) is 12.7. The molecular weight excluding hydrogens is 348 g/mol. The van der Waals surface area contributed by atoms with E-state index in [0.29, 0.717) is 12.2 Å². The average Bonchev–Trinajstić information content (AvgIpc) is 2.40. The number of nitrogens with two attached hydrogens (primary N) is 2. The highest BCUT2D eigenvalue weighted by molar-refractivity contribution is 7.82. The molecule has 0 bridgehead atoms. The summed E-state index contributed by atoms with van der Waals surface area (Å²) in [6, 6.07) is 0. The second-order valence-corrected chi connectivity index (χ2v) is 5.61. The van der Waals surface area contributed by atoms with Gasteiger partial charge < -0.3 is 19.8 Å². The number of carbonyl (C=O) groups excluding carboxylic acids is 2. The zero-order valence-electron chi connectivity index (χ0n) is 11.0. The van der Waals surface area contributed by atoms with Crippen molar-refractivity contribution in [1.29, 1.82) is 0 Å². The van der Waals surface area contributed by atoms with Crippen LogP contribution in [0.3, 0.4) is 0 Å². The van der Waals surface area contributed by atoms with Crippen molar-refractivity contribution in [2.45, 2.75) is 0 Å². The van der Waals surface area contributed by atoms with Gasteiger partial charge in [-0.1, -0.05) is 0 Å². The molecule has 0 amide bonds. The first-order valence-electron chi connectivity index (χ1n) is 5.45. The smallest absolute Gasteiger partial charge is 0.328 e. The third kappa shape index (κ3) is 10.2. The lowest BCUT2D eigenvalue weighted by Gasteiger charge is -2.03. The van der Waals surface area contributed by atoms with E-state index >= 15 is 0 Å². The molecule has 128 valence electrons. The van der Waals surface area contributed by atoms with Crippen LogP contribution in [-0.2, 0) is 47.1 Å². The van der Waals surface area contributed by atoms with E-state index < -0.39 is 46.0 Å². The summed E-state index contributed by atoms with van der Waals surface area (Å²) in [5, 5.41) is 0. The van der Waals surface area contributed by atoms with E-state index in [2.05, 4.69) is 16.7 Å². The normalized spacial score (nSPS) is 12.3. The van der Waals surface area contributed by atoms with Crippen LogP contribution in [-0.4, -0.2) is 55.1 Å². The summed E-state index contributed by atoms with van der Waals surface area (Å²) in [4.78, 5) is 22.1. The molecular formula is C8H14N2O10S2. The van der Waals surface area contributed by atoms with Gasteiger partial charge in [0.1, 0.15) is 0 Å². The van der Waals surface area contributed by atoms with Gasteiger partial charge in [0, 0.05) is 25.2 Å². The van der Waals surface area contributed by atoms with Gasteiger partial charge in [-0.05, 0) is 0 Å². The van der Waals surface area contributed by atoms with Crippen LogP contribution < -0.4 is 11.5 Å². The Hall–Kier alpha value is -1.58. The summed E-state index contributed by atoms with van der Waals surface area (Å²) < 4.78 is 59.9. The second-order valence-electron chi connectivity index (χ2n) is 3.18. The third-order valence-corrected chi connectivity index (χ3v) is 3.06. The number of rotatable bonds is 10. The van der Waals surface area contributed by atoms with Crippen molar-refractivity contribution in [3.8, 4) is 0 Å². The molecule has 0 aliphatic carbocycles. The number of hydrogen-bond donors (Lipinski definition) is 2. The summed E-state index contributed by atoms with van der Waals surface area (Å²) in [5.41, 5.74) is 9.95. The zero-order chi connectivity index (χ0) is 17.2. The van der Waals surface area contributed by atoms with Crippen LogP contribution in [0.25, 0.3) is 0 Å². The quantitative estimate of drug-likeness (QED) is 0.376. The van der Waals surface area contributed by atoms with Gasteiger partial charge in [-0.3, -0.25) is 0 Å². The van der Waals surface area contributed by atoms with Crippen LogP contribution in [0.15, 0.2) is 12.2 Å². The molecule has 0 atom stereocenters. The summed E-state index contributed by atoms with van der Waals surface area (Å²) in [6.45, 7) is -1.12. The SMILES string of the molecule is NCCOS(=O)(=O)OC(=O)/C=C\C(=O)OS(=O)(=O)OCCN. The minimum atomic E-state index is -4.63. The molecule has 0 saturated carbocycles. The molecule has 22 heavy (non-hydrogen) atoms. The molecule has 0 rings (SSSR count). The molecule has 0 aromatic heterocycles. The van der Waals surface area contributed by atoms with E-state index in [1.165, 1.54) is 0 Å². The highest BCUT2D eigenvalue weighted by atomic mass is 32.3. The van der Waals surface area contributed by atoms with Gasteiger partial charge in [0.25, 0.3) is 0 Å². The predicted molar refractivity (Wildman–Crippen MR) is 69.2 cm³/mol. The van der Waals surface area contributed by atoms with Gasteiger partial charge in [-0.2, -0.15) is 16.8 Å². The lowest BCUT2D eigenvalue weighted by molar-refractivity contribution is -0.131. The van der Waals surface area contributed by atoms with Crippen LogP contribution in [0.5, 0.6) is 0 Å². The highest BCUT2D eigenvalue weighted by Gasteiger charge is 2.18. The van der Waals surface area contributed by atoms with Gasteiger partial charge >= 0.3 is 32.7 Å². The molecule has 12 nitrogen and oxygen atoms in total. The summed E-state index contributed by atoms with van der Waals surface area (Å²) in [5.74, 6) is -3.04. The molecule has 0 aliphatic heterocycles. The van der Waals surface area contributed by atoms with Crippen LogP contribution >= 0.6 is 0 Å². The topological polar surface area (TPSA) is 191 Å². The Kier molecular flexibility index (Phi) is 8.76. The second kappa shape index (κ2) is 9.44. The van der Waals surface area contributed by atoms with Crippen molar-refractivity contribution >= 4 is 32.7 Å². The summed E-state index contributed by atoms with van der Waals surface area (Å²) in [7, 11) is -9.26. The standard InChI is InChI=1S/C8H14N2O10S2/c9-3-5-17-21(13,14)19-7(11)1-2-8(12)20-22(15,16)18-6-4-10/h1-2H,3-6,9-10H2/b2-1-. The first-order valence-corrected chi connectivity index (χ1v) is 8.12. The third-order valence-electron chi connectivity index (χ3n) is 1.41. The van der Waals surface area contributed by atoms with Crippen molar-refractivity contribution in [3.63, 3.8) is 0 Å². The molecule has 0 heterocycles. The lowest BCUT2D eigenvalue weighted by atomic mass is 10.5. The van der Waals surface area contributed by atoms with Crippen molar-refractivity contribution in [3.05, 3.63) is 12.2 Å². The van der Waals surface area contributed by atoms with Crippen molar-refractivity contribution in [2.24, 2.45) is 11.5 Å². The highest BCUT2D eigenvalue weighted by Crippen LogP contribution is 1.99. The molecule has 0 aromatic carbocycles. The van der Waals surface area contributed by atoms with E-state index in [0.717, 1.165) is 0 Å². The first kappa shape index (κ1) is 20.4. The number of carbonyl (C=O) groups is 2. The maximum atomic E-state index is 11.1. The maximum absolute atomic E-state index is 11.1. The molecule has 0 aromatic rings. The Morgan fingerprint density at radius 3 is 1.36 bits per heavy atom. The van der Waals surface area contributed by atoms with Crippen molar-refractivity contribution in [2.75, 3.05) is 26.3 Å². The lowest BCUT2D eigenvalue weighted by Crippen LogP contribution is -2.19. The fourth-order valence-corrected chi connectivity index (χ4v) is 1.95. The van der Waals surface area contributed by atoms with Crippen LogP contribution in [0.4, 0.5) is 0 Å². The molecule has 0 unspecified atom stereocenters. The Labute approximate surface area is 126 Å². The van der Waals surface area contributed by atoms with Crippen LogP contribution in [0.2, 0.25) is 0 Å². The van der Waals surface area contributed by atoms with E-state index in [1.54, 1.807) is 0 Å². The molecule has 0 spiro atoms. The van der Waals surface area contributed by atoms with Gasteiger partial charge in [0.05, 0.1) is 13.2 Å². The average molecular weight is 362 g/mol. The minimum Gasteiger partial charge on any atom is -0.328 e. The Morgan fingerprint density at radius 1 is 0.773 bits per heavy atom.